The van der Waals surface area contributed by atoms with Crippen LogP contribution in [0.15, 0.2) is 72.8 Å². The smallest absolute Gasteiger partial charge is 0.232 e. The molecule has 1 aromatic heterocycles. The van der Waals surface area contributed by atoms with Gasteiger partial charge < -0.3 is 0 Å². The van der Waals surface area contributed by atoms with Crippen LogP contribution in [-0.2, 0) is 30.5 Å². The lowest BCUT2D eigenvalue weighted by molar-refractivity contribution is -0.117. The molecule has 0 saturated carbocycles. The molecule has 0 bridgehead atoms. The van der Waals surface area contributed by atoms with Crippen molar-refractivity contribution in [2.45, 2.75) is 25.7 Å². The SMILES string of the molecule is CN(C(=O)Cc1ccc(F)c(F)c1)c1nc2c(nc1Cc1ccccc1)-c1ccccc1CC2. The summed E-state index contributed by atoms with van der Waals surface area (Å²) in [5, 5.41) is 0. The highest BCUT2D eigenvalue weighted by molar-refractivity contribution is 5.94. The summed E-state index contributed by atoms with van der Waals surface area (Å²) in [7, 11) is 1.66. The maximum absolute atomic E-state index is 13.6. The second-order valence-electron chi connectivity index (χ2n) is 8.49. The topological polar surface area (TPSA) is 46.1 Å². The molecule has 0 N–H and O–H groups in total. The Balaban J connectivity index is 1.53. The van der Waals surface area contributed by atoms with Crippen LogP contribution in [-0.4, -0.2) is 22.9 Å². The highest BCUT2D eigenvalue weighted by atomic mass is 19.2. The Morgan fingerprint density at radius 2 is 1.65 bits per heavy atom. The number of anilines is 1. The fraction of sp³-hybridized carbons (Fsp3) is 0.179. The number of halogens is 2. The number of likely N-dealkylation sites (N-methyl/N-ethyl adjacent to an activating group) is 1. The van der Waals surface area contributed by atoms with Crippen molar-refractivity contribution in [3.63, 3.8) is 0 Å². The van der Waals surface area contributed by atoms with E-state index in [9.17, 15) is 13.6 Å². The summed E-state index contributed by atoms with van der Waals surface area (Å²) < 4.78 is 26.9. The van der Waals surface area contributed by atoms with Crippen molar-refractivity contribution in [1.29, 1.82) is 0 Å². The fourth-order valence-corrected chi connectivity index (χ4v) is 4.34. The van der Waals surface area contributed by atoms with Crippen molar-refractivity contribution < 1.29 is 13.6 Å². The summed E-state index contributed by atoms with van der Waals surface area (Å²) in [5.74, 6) is -1.68. The number of nitrogens with zero attached hydrogens (tertiary/aromatic N) is 3. The van der Waals surface area contributed by atoms with Gasteiger partial charge in [-0.3, -0.25) is 9.69 Å². The maximum Gasteiger partial charge on any atom is 0.232 e. The summed E-state index contributed by atoms with van der Waals surface area (Å²) in [4.78, 5) is 24.5. The second-order valence-corrected chi connectivity index (χ2v) is 8.49. The number of aromatic nitrogens is 2. The number of hydrogen-bond donors (Lipinski definition) is 0. The van der Waals surface area contributed by atoms with Crippen LogP contribution in [0.3, 0.4) is 0 Å². The number of hydrogen-bond acceptors (Lipinski definition) is 3. The standard InChI is InChI=1S/C28H23F2N3O/c1-33(26(34)17-19-11-13-22(29)23(30)15-19)28-25(16-18-7-3-2-4-8-18)31-27-21-10-6-5-9-20(21)12-14-24(27)32-28/h2-11,13,15H,12,14,16-17H2,1H3. The third kappa shape index (κ3) is 4.31. The van der Waals surface area contributed by atoms with Gasteiger partial charge in [0.1, 0.15) is 0 Å². The summed E-state index contributed by atoms with van der Waals surface area (Å²) in [6.07, 6.45) is 2.05. The molecule has 1 amide bonds. The number of benzene rings is 3. The minimum Gasteiger partial charge on any atom is -0.298 e. The molecule has 1 heterocycles. The Morgan fingerprint density at radius 3 is 2.44 bits per heavy atom. The van der Waals surface area contributed by atoms with Gasteiger partial charge in [-0.15, -0.1) is 0 Å². The summed E-state index contributed by atoms with van der Waals surface area (Å²) in [6, 6.07) is 21.6. The Bertz CT molecular complexity index is 1370. The zero-order valence-electron chi connectivity index (χ0n) is 18.8. The molecule has 34 heavy (non-hydrogen) atoms. The lowest BCUT2D eigenvalue weighted by atomic mass is 9.91. The van der Waals surface area contributed by atoms with Gasteiger partial charge in [-0.2, -0.15) is 0 Å². The third-order valence-electron chi connectivity index (χ3n) is 6.17. The van der Waals surface area contributed by atoms with Crippen LogP contribution < -0.4 is 4.90 Å². The van der Waals surface area contributed by atoms with E-state index in [-0.39, 0.29) is 12.3 Å². The number of amides is 1. The normalized spacial score (nSPS) is 12.1. The number of aryl methyl sites for hydroxylation is 2. The van der Waals surface area contributed by atoms with Crippen LogP contribution in [0.25, 0.3) is 11.3 Å². The van der Waals surface area contributed by atoms with Gasteiger partial charge in [0.05, 0.1) is 23.5 Å². The van der Waals surface area contributed by atoms with Crippen LogP contribution in [0.4, 0.5) is 14.6 Å². The molecule has 4 aromatic rings. The van der Waals surface area contributed by atoms with Crippen molar-refractivity contribution in [3.8, 4) is 11.3 Å². The minimum atomic E-state index is -0.968. The fourth-order valence-electron chi connectivity index (χ4n) is 4.34. The molecular weight excluding hydrogens is 432 g/mol. The van der Waals surface area contributed by atoms with Crippen LogP contribution in [0.2, 0.25) is 0 Å². The van der Waals surface area contributed by atoms with Gasteiger partial charge in [-0.25, -0.2) is 18.7 Å². The predicted octanol–water partition coefficient (Wildman–Crippen LogP) is 5.32. The number of carbonyl (C=O) groups is 1. The third-order valence-corrected chi connectivity index (χ3v) is 6.17. The number of rotatable bonds is 5. The van der Waals surface area contributed by atoms with Gasteiger partial charge in [0.15, 0.2) is 17.5 Å². The molecular formula is C28H23F2N3O. The molecule has 0 saturated heterocycles. The van der Waals surface area contributed by atoms with E-state index >= 15 is 0 Å². The maximum atomic E-state index is 13.6. The minimum absolute atomic E-state index is 0.0694. The highest BCUT2D eigenvalue weighted by Crippen LogP contribution is 2.34. The van der Waals surface area contributed by atoms with Crippen molar-refractivity contribution in [1.82, 2.24) is 9.97 Å². The molecule has 1 aliphatic carbocycles. The van der Waals surface area contributed by atoms with Crippen LogP contribution in [0.5, 0.6) is 0 Å². The van der Waals surface area contributed by atoms with E-state index in [1.807, 2.05) is 42.5 Å². The molecule has 0 atom stereocenters. The van der Waals surface area contributed by atoms with E-state index < -0.39 is 11.6 Å². The van der Waals surface area contributed by atoms with E-state index in [4.69, 9.17) is 9.97 Å². The molecule has 0 fully saturated rings. The summed E-state index contributed by atoms with van der Waals surface area (Å²) >= 11 is 0. The zero-order chi connectivity index (χ0) is 23.7. The van der Waals surface area contributed by atoms with Gasteiger partial charge in [0.25, 0.3) is 0 Å². The van der Waals surface area contributed by atoms with E-state index in [2.05, 4.69) is 12.1 Å². The Kier molecular flexibility index (Phi) is 5.88. The van der Waals surface area contributed by atoms with Gasteiger partial charge in [0, 0.05) is 19.0 Å². The molecule has 1 aliphatic rings. The summed E-state index contributed by atoms with van der Waals surface area (Å²) in [5.41, 5.74) is 6.20. The lowest BCUT2D eigenvalue weighted by Crippen LogP contribution is -2.31. The molecule has 170 valence electrons. The van der Waals surface area contributed by atoms with Crippen molar-refractivity contribution in [2.75, 3.05) is 11.9 Å². The number of fused-ring (bicyclic) bond motifs is 3. The van der Waals surface area contributed by atoms with Gasteiger partial charge in [0.2, 0.25) is 5.91 Å². The first-order valence-electron chi connectivity index (χ1n) is 11.2. The average molecular weight is 456 g/mol. The van der Waals surface area contributed by atoms with E-state index in [1.54, 1.807) is 7.05 Å². The Labute approximate surface area is 196 Å². The molecule has 6 heteroatoms. The monoisotopic (exact) mass is 455 g/mol. The Morgan fingerprint density at radius 1 is 0.882 bits per heavy atom. The lowest BCUT2D eigenvalue weighted by Gasteiger charge is -2.24. The van der Waals surface area contributed by atoms with Crippen LogP contribution in [0, 0.1) is 11.6 Å². The zero-order valence-corrected chi connectivity index (χ0v) is 18.8. The molecule has 0 spiro atoms. The van der Waals surface area contributed by atoms with E-state index in [0.717, 1.165) is 47.5 Å². The molecule has 0 aliphatic heterocycles. The van der Waals surface area contributed by atoms with Gasteiger partial charge in [-0.1, -0.05) is 60.7 Å². The van der Waals surface area contributed by atoms with Crippen molar-refractivity contribution >= 4 is 11.7 Å². The first-order valence-corrected chi connectivity index (χ1v) is 11.2. The van der Waals surface area contributed by atoms with Gasteiger partial charge in [-0.05, 0) is 41.7 Å². The first kappa shape index (κ1) is 21.9. The quantitative estimate of drug-likeness (QED) is 0.409. The largest absolute Gasteiger partial charge is 0.298 e. The van der Waals surface area contributed by atoms with Crippen molar-refractivity contribution in [3.05, 3.63) is 113 Å². The van der Waals surface area contributed by atoms with Crippen LogP contribution in [0.1, 0.15) is 28.1 Å². The summed E-state index contributed by atoms with van der Waals surface area (Å²) in [6.45, 7) is 0. The highest BCUT2D eigenvalue weighted by Gasteiger charge is 2.25. The van der Waals surface area contributed by atoms with E-state index in [1.165, 1.54) is 16.5 Å². The van der Waals surface area contributed by atoms with Gasteiger partial charge >= 0.3 is 0 Å². The average Bonchev–Trinajstić information content (AvgIpc) is 2.86. The van der Waals surface area contributed by atoms with E-state index in [0.29, 0.717) is 23.5 Å². The molecule has 5 rings (SSSR count). The second kappa shape index (κ2) is 9.14. The van der Waals surface area contributed by atoms with Crippen molar-refractivity contribution in [2.24, 2.45) is 0 Å². The Hall–Kier alpha value is -3.93. The molecule has 3 aromatic carbocycles. The van der Waals surface area contributed by atoms with Crippen LogP contribution >= 0.6 is 0 Å². The molecule has 4 nitrogen and oxygen atoms in total. The molecule has 0 radical (unpaired) electrons. The number of carbonyl (C=O) groups excluding carboxylic acids is 1. The predicted molar refractivity (Wildman–Crippen MR) is 128 cm³/mol. The first-order chi connectivity index (χ1) is 16.5. The molecule has 0 unspecified atom stereocenters.